The van der Waals surface area contributed by atoms with Crippen molar-refractivity contribution in [2.45, 2.75) is 13.0 Å². The van der Waals surface area contributed by atoms with E-state index in [0.29, 0.717) is 31.1 Å². The van der Waals surface area contributed by atoms with E-state index in [9.17, 15) is 9.90 Å². The second kappa shape index (κ2) is 6.40. The van der Waals surface area contributed by atoms with Gasteiger partial charge < -0.3 is 25.2 Å². The fraction of sp³-hybridized carbons (Fsp3) is 0.462. The first-order valence-corrected chi connectivity index (χ1v) is 6.19. The Morgan fingerprint density at radius 3 is 2.95 bits per heavy atom. The molecule has 0 fully saturated rings. The van der Waals surface area contributed by atoms with Gasteiger partial charge in [-0.05, 0) is 17.7 Å². The Balaban J connectivity index is 1.77. The van der Waals surface area contributed by atoms with Crippen LogP contribution in [0.25, 0.3) is 0 Å². The molecule has 0 saturated carbocycles. The van der Waals surface area contributed by atoms with Gasteiger partial charge in [0.15, 0.2) is 11.5 Å². The Kier molecular flexibility index (Phi) is 4.59. The maximum atomic E-state index is 10.7. The largest absolute Gasteiger partial charge is 0.454 e. The van der Waals surface area contributed by atoms with E-state index in [1.165, 1.54) is 6.92 Å². The summed E-state index contributed by atoms with van der Waals surface area (Å²) in [5.74, 6) is 1.31. The molecule has 6 nitrogen and oxygen atoms in total. The van der Waals surface area contributed by atoms with E-state index in [1.807, 2.05) is 6.07 Å². The molecule has 0 spiro atoms. The molecule has 6 heteroatoms. The van der Waals surface area contributed by atoms with Crippen LogP contribution in [0.5, 0.6) is 11.5 Å². The van der Waals surface area contributed by atoms with E-state index in [2.05, 4.69) is 10.6 Å². The Morgan fingerprint density at radius 2 is 2.16 bits per heavy atom. The highest BCUT2D eigenvalue weighted by atomic mass is 16.7. The molecule has 1 aliphatic heterocycles. The third kappa shape index (κ3) is 3.84. The minimum atomic E-state index is -0.619. The molecular weight excluding hydrogens is 248 g/mol. The Hall–Kier alpha value is -1.79. The van der Waals surface area contributed by atoms with Gasteiger partial charge in [0.05, 0.1) is 6.10 Å². The number of hydrogen-bond donors (Lipinski definition) is 3. The molecule has 1 heterocycles. The number of fused-ring (bicyclic) bond motifs is 1. The van der Waals surface area contributed by atoms with Crippen molar-refractivity contribution < 1.29 is 19.4 Å². The summed E-state index contributed by atoms with van der Waals surface area (Å²) >= 11 is 0. The highest BCUT2D eigenvalue weighted by Crippen LogP contribution is 2.33. The van der Waals surface area contributed by atoms with E-state index < -0.39 is 6.10 Å². The highest BCUT2D eigenvalue weighted by molar-refractivity contribution is 5.72. The second-order valence-electron chi connectivity index (χ2n) is 4.32. The highest BCUT2D eigenvalue weighted by Gasteiger charge is 2.16. The standard InChI is InChI=1S/C13H18N2O4/c1-9(16)15-5-4-14-7-11(17)10-2-3-12-13(6-10)19-8-18-12/h2-3,6,11,14,17H,4-5,7-8H2,1H3,(H,15,16). The first-order chi connectivity index (χ1) is 9.16. The normalized spacial score (nSPS) is 14.2. The van der Waals surface area contributed by atoms with Crippen LogP contribution >= 0.6 is 0 Å². The van der Waals surface area contributed by atoms with E-state index in [0.717, 1.165) is 5.56 Å². The summed E-state index contributed by atoms with van der Waals surface area (Å²) in [4.78, 5) is 10.7. The molecule has 1 aliphatic rings. The number of carbonyl (C=O) groups is 1. The average Bonchev–Trinajstić information content (AvgIpc) is 2.84. The third-order valence-electron chi connectivity index (χ3n) is 2.79. The van der Waals surface area contributed by atoms with Gasteiger partial charge in [-0.1, -0.05) is 6.07 Å². The topological polar surface area (TPSA) is 79.8 Å². The van der Waals surface area contributed by atoms with E-state index in [4.69, 9.17) is 9.47 Å². The quantitative estimate of drug-likeness (QED) is 0.640. The number of aliphatic hydroxyl groups is 1. The van der Waals surface area contributed by atoms with Gasteiger partial charge in [-0.2, -0.15) is 0 Å². The Labute approximate surface area is 111 Å². The zero-order valence-corrected chi connectivity index (χ0v) is 10.8. The monoisotopic (exact) mass is 266 g/mol. The smallest absolute Gasteiger partial charge is 0.231 e. The molecule has 1 aromatic carbocycles. The fourth-order valence-electron chi connectivity index (χ4n) is 1.80. The zero-order valence-electron chi connectivity index (χ0n) is 10.8. The maximum Gasteiger partial charge on any atom is 0.231 e. The fourth-order valence-corrected chi connectivity index (χ4v) is 1.80. The molecule has 0 aromatic heterocycles. The van der Waals surface area contributed by atoms with Crippen molar-refractivity contribution in [3.05, 3.63) is 23.8 Å². The van der Waals surface area contributed by atoms with Crippen molar-refractivity contribution in [3.8, 4) is 11.5 Å². The molecule has 104 valence electrons. The predicted octanol–water partition coefficient (Wildman–Crippen LogP) is 0.174. The van der Waals surface area contributed by atoms with Gasteiger partial charge >= 0.3 is 0 Å². The van der Waals surface area contributed by atoms with Crippen LogP contribution in [0.1, 0.15) is 18.6 Å². The number of aliphatic hydroxyl groups excluding tert-OH is 1. The lowest BCUT2D eigenvalue weighted by Crippen LogP contribution is -2.32. The van der Waals surface area contributed by atoms with Crippen LogP contribution in [0.2, 0.25) is 0 Å². The van der Waals surface area contributed by atoms with Crippen LogP contribution in [-0.4, -0.2) is 37.4 Å². The number of ether oxygens (including phenoxy) is 2. The van der Waals surface area contributed by atoms with Crippen molar-refractivity contribution in [1.29, 1.82) is 0 Å². The molecule has 0 radical (unpaired) electrons. The van der Waals surface area contributed by atoms with Gasteiger partial charge in [0.1, 0.15) is 0 Å². The Bertz CT molecular complexity index is 450. The van der Waals surface area contributed by atoms with Crippen LogP contribution in [0.4, 0.5) is 0 Å². The van der Waals surface area contributed by atoms with Crippen molar-refractivity contribution in [3.63, 3.8) is 0 Å². The molecule has 1 atom stereocenters. The van der Waals surface area contributed by atoms with Gasteiger partial charge in [0, 0.05) is 26.6 Å². The number of hydrogen-bond acceptors (Lipinski definition) is 5. The molecule has 0 bridgehead atoms. The summed E-state index contributed by atoms with van der Waals surface area (Å²) < 4.78 is 10.5. The minimum absolute atomic E-state index is 0.0573. The van der Waals surface area contributed by atoms with E-state index in [1.54, 1.807) is 12.1 Å². The summed E-state index contributed by atoms with van der Waals surface area (Å²) in [5, 5.41) is 15.8. The molecule has 1 aromatic rings. The number of amides is 1. The Morgan fingerprint density at radius 1 is 1.37 bits per heavy atom. The number of carbonyl (C=O) groups excluding carboxylic acids is 1. The molecule has 3 N–H and O–H groups in total. The summed E-state index contributed by atoms with van der Waals surface area (Å²) in [5.41, 5.74) is 0.774. The molecule has 0 saturated heterocycles. The van der Waals surface area contributed by atoms with Crippen molar-refractivity contribution in [2.24, 2.45) is 0 Å². The maximum absolute atomic E-state index is 10.7. The molecular formula is C13H18N2O4. The van der Waals surface area contributed by atoms with Crippen molar-refractivity contribution in [1.82, 2.24) is 10.6 Å². The average molecular weight is 266 g/mol. The van der Waals surface area contributed by atoms with E-state index in [-0.39, 0.29) is 12.7 Å². The van der Waals surface area contributed by atoms with Gasteiger partial charge in [-0.25, -0.2) is 0 Å². The summed E-state index contributed by atoms with van der Waals surface area (Å²) in [7, 11) is 0. The van der Waals surface area contributed by atoms with Crippen molar-refractivity contribution >= 4 is 5.91 Å². The SMILES string of the molecule is CC(=O)NCCNCC(O)c1ccc2c(c1)OCO2. The van der Waals surface area contributed by atoms with Crippen LogP contribution < -0.4 is 20.1 Å². The number of benzene rings is 1. The number of rotatable bonds is 6. The zero-order chi connectivity index (χ0) is 13.7. The van der Waals surface area contributed by atoms with Crippen LogP contribution in [-0.2, 0) is 4.79 Å². The van der Waals surface area contributed by atoms with Gasteiger partial charge in [0.25, 0.3) is 0 Å². The summed E-state index contributed by atoms with van der Waals surface area (Å²) in [6.45, 7) is 3.27. The lowest BCUT2D eigenvalue weighted by molar-refractivity contribution is -0.118. The lowest BCUT2D eigenvalue weighted by Gasteiger charge is -2.12. The second-order valence-corrected chi connectivity index (χ2v) is 4.32. The van der Waals surface area contributed by atoms with Gasteiger partial charge in [-0.15, -0.1) is 0 Å². The lowest BCUT2D eigenvalue weighted by atomic mass is 10.1. The third-order valence-corrected chi connectivity index (χ3v) is 2.79. The molecule has 2 rings (SSSR count). The van der Waals surface area contributed by atoms with Crippen LogP contribution in [0, 0.1) is 0 Å². The molecule has 1 unspecified atom stereocenters. The van der Waals surface area contributed by atoms with E-state index >= 15 is 0 Å². The van der Waals surface area contributed by atoms with Crippen molar-refractivity contribution in [2.75, 3.05) is 26.4 Å². The van der Waals surface area contributed by atoms with Gasteiger partial charge in [-0.3, -0.25) is 4.79 Å². The minimum Gasteiger partial charge on any atom is -0.454 e. The summed E-state index contributed by atoms with van der Waals surface area (Å²) in [6.07, 6.45) is -0.619. The molecule has 19 heavy (non-hydrogen) atoms. The first-order valence-electron chi connectivity index (χ1n) is 6.19. The molecule has 1 amide bonds. The van der Waals surface area contributed by atoms with Crippen LogP contribution in [0.3, 0.4) is 0 Å². The molecule has 0 aliphatic carbocycles. The first kappa shape index (κ1) is 13.6. The van der Waals surface area contributed by atoms with Gasteiger partial charge in [0.2, 0.25) is 12.7 Å². The predicted molar refractivity (Wildman–Crippen MR) is 69.1 cm³/mol. The summed E-state index contributed by atoms with van der Waals surface area (Å²) in [6, 6.07) is 5.38. The van der Waals surface area contributed by atoms with Crippen LogP contribution in [0.15, 0.2) is 18.2 Å². The number of nitrogens with one attached hydrogen (secondary N) is 2.